The van der Waals surface area contributed by atoms with Crippen LogP contribution in [0.15, 0.2) is 17.8 Å². The minimum Gasteiger partial charge on any atom is -0.321 e. The lowest BCUT2D eigenvalue weighted by Gasteiger charge is -2.31. The Morgan fingerprint density at radius 1 is 1.55 bits per heavy atom. The van der Waals surface area contributed by atoms with E-state index in [4.69, 9.17) is 0 Å². The summed E-state index contributed by atoms with van der Waals surface area (Å²) in [6.07, 6.45) is 3.72. The average Bonchev–Trinajstić information content (AvgIpc) is 2.94. The fourth-order valence-electron chi connectivity index (χ4n) is 2.14. The molecular weight excluding hydrogens is 280 g/mol. The molecule has 1 unspecified atom stereocenters. The van der Waals surface area contributed by atoms with Gasteiger partial charge in [-0.25, -0.2) is 4.98 Å². The van der Waals surface area contributed by atoms with Gasteiger partial charge in [-0.05, 0) is 6.92 Å². The number of rotatable bonds is 2. The monoisotopic (exact) mass is 292 g/mol. The first kappa shape index (κ1) is 12.8. The van der Waals surface area contributed by atoms with Crippen LogP contribution in [0, 0.1) is 0 Å². The Hall–Kier alpha value is -2.22. The maximum atomic E-state index is 12.2. The summed E-state index contributed by atoms with van der Waals surface area (Å²) in [5.41, 5.74) is 0.632. The number of imidazole rings is 1. The van der Waals surface area contributed by atoms with Gasteiger partial charge in [0.05, 0.1) is 12.1 Å². The van der Waals surface area contributed by atoms with Crippen molar-refractivity contribution in [1.29, 1.82) is 0 Å². The highest BCUT2D eigenvalue weighted by Gasteiger charge is 2.33. The number of nitrogens with one attached hydrogen (secondary N) is 1. The molecule has 7 nitrogen and oxygen atoms in total. The number of amides is 3. The van der Waals surface area contributed by atoms with Crippen LogP contribution in [-0.4, -0.2) is 44.6 Å². The van der Waals surface area contributed by atoms with Crippen LogP contribution in [0.1, 0.15) is 12.6 Å². The molecule has 2 aromatic rings. The zero-order valence-electron chi connectivity index (χ0n) is 10.7. The number of imide groups is 1. The molecule has 0 radical (unpaired) electrons. The molecule has 0 aliphatic carbocycles. The Balaban J connectivity index is 1.76. The molecule has 3 rings (SSSR count). The van der Waals surface area contributed by atoms with Crippen LogP contribution in [0.5, 0.6) is 0 Å². The average molecular weight is 292 g/mol. The summed E-state index contributed by atoms with van der Waals surface area (Å²) in [4.78, 5) is 41.5. The van der Waals surface area contributed by atoms with Gasteiger partial charge in [0.15, 0.2) is 4.96 Å². The minimum absolute atomic E-state index is 0.0826. The number of carbonyl (C=O) groups excluding carboxylic acids is 3. The summed E-state index contributed by atoms with van der Waals surface area (Å²) in [7, 11) is 0. The molecule has 0 bridgehead atoms. The standard InChI is InChI=1S/C12H12N4O3S/c1-7-11(19)14-9(17)6-16(7)10(18)4-8-5-15-2-3-20-12(15)13-8/h2-3,5,7H,4,6H2,1H3,(H,14,17,19). The Bertz CT molecular complexity index is 676. The largest absolute Gasteiger partial charge is 0.321 e. The lowest BCUT2D eigenvalue weighted by molar-refractivity contribution is -0.149. The second kappa shape index (κ2) is 4.71. The van der Waals surface area contributed by atoms with Gasteiger partial charge in [0.2, 0.25) is 17.7 Å². The molecule has 1 saturated heterocycles. The highest BCUT2D eigenvalue weighted by molar-refractivity contribution is 7.15. The quantitative estimate of drug-likeness (QED) is 0.778. The van der Waals surface area contributed by atoms with Crippen LogP contribution in [0.25, 0.3) is 4.96 Å². The Kier molecular flexibility index (Phi) is 3.01. The molecule has 0 aromatic carbocycles. The van der Waals surface area contributed by atoms with Crippen molar-refractivity contribution in [2.75, 3.05) is 6.54 Å². The highest BCUT2D eigenvalue weighted by atomic mass is 32.1. The first-order valence-electron chi connectivity index (χ1n) is 6.09. The third-order valence-electron chi connectivity index (χ3n) is 3.22. The number of piperazine rings is 1. The van der Waals surface area contributed by atoms with Crippen LogP contribution < -0.4 is 5.32 Å². The number of aromatic nitrogens is 2. The maximum absolute atomic E-state index is 12.2. The van der Waals surface area contributed by atoms with E-state index in [2.05, 4.69) is 10.3 Å². The zero-order valence-corrected chi connectivity index (χ0v) is 11.5. The lowest BCUT2D eigenvalue weighted by atomic mass is 10.1. The second-order valence-corrected chi connectivity index (χ2v) is 5.48. The number of hydrogen-bond donors (Lipinski definition) is 1. The number of thiazole rings is 1. The van der Waals surface area contributed by atoms with Gasteiger partial charge in [0, 0.05) is 17.8 Å². The van der Waals surface area contributed by atoms with Crippen molar-refractivity contribution >= 4 is 34.0 Å². The van der Waals surface area contributed by atoms with E-state index in [9.17, 15) is 14.4 Å². The van der Waals surface area contributed by atoms with Crippen LogP contribution in [0.3, 0.4) is 0 Å². The van der Waals surface area contributed by atoms with E-state index < -0.39 is 17.9 Å². The highest BCUT2D eigenvalue weighted by Crippen LogP contribution is 2.13. The molecule has 0 saturated carbocycles. The predicted molar refractivity (Wildman–Crippen MR) is 71.1 cm³/mol. The Morgan fingerprint density at radius 3 is 3.10 bits per heavy atom. The molecule has 20 heavy (non-hydrogen) atoms. The predicted octanol–water partition coefficient (Wildman–Crippen LogP) is -0.188. The van der Waals surface area contributed by atoms with Crippen molar-refractivity contribution < 1.29 is 14.4 Å². The summed E-state index contributed by atoms with van der Waals surface area (Å²) >= 11 is 1.48. The van der Waals surface area contributed by atoms with Crippen LogP contribution in [0.2, 0.25) is 0 Å². The molecule has 1 N–H and O–H groups in total. The smallest absolute Gasteiger partial charge is 0.249 e. The third kappa shape index (κ3) is 2.18. The van der Waals surface area contributed by atoms with E-state index in [1.165, 1.54) is 16.2 Å². The molecule has 1 aliphatic heterocycles. The summed E-state index contributed by atoms with van der Waals surface area (Å²) in [6, 6.07) is -0.635. The maximum Gasteiger partial charge on any atom is 0.249 e. The Labute approximate surface area is 118 Å². The van der Waals surface area contributed by atoms with Crippen molar-refractivity contribution in [2.45, 2.75) is 19.4 Å². The van der Waals surface area contributed by atoms with Gasteiger partial charge in [0.25, 0.3) is 0 Å². The molecule has 3 amide bonds. The van der Waals surface area contributed by atoms with Gasteiger partial charge in [0.1, 0.15) is 12.6 Å². The number of fused-ring (bicyclic) bond motifs is 1. The molecule has 104 valence electrons. The number of nitrogens with zero attached hydrogens (tertiary/aromatic N) is 3. The van der Waals surface area contributed by atoms with Crippen LogP contribution in [0.4, 0.5) is 0 Å². The van der Waals surface area contributed by atoms with Crippen LogP contribution >= 0.6 is 11.3 Å². The number of hydrogen-bond acceptors (Lipinski definition) is 5. The van der Waals surface area contributed by atoms with Gasteiger partial charge in [-0.15, -0.1) is 11.3 Å². The van der Waals surface area contributed by atoms with Gasteiger partial charge in [-0.2, -0.15) is 0 Å². The summed E-state index contributed by atoms with van der Waals surface area (Å²) in [5.74, 6) is -1.17. The third-order valence-corrected chi connectivity index (χ3v) is 3.99. The van der Waals surface area contributed by atoms with Crippen molar-refractivity contribution in [3.8, 4) is 0 Å². The molecule has 3 heterocycles. The number of carbonyl (C=O) groups is 3. The van der Waals surface area contributed by atoms with Crippen LogP contribution in [-0.2, 0) is 20.8 Å². The van der Waals surface area contributed by atoms with E-state index in [1.54, 1.807) is 13.1 Å². The van der Waals surface area contributed by atoms with E-state index in [0.29, 0.717) is 5.69 Å². The minimum atomic E-state index is -0.635. The fraction of sp³-hybridized carbons (Fsp3) is 0.333. The van der Waals surface area contributed by atoms with E-state index in [0.717, 1.165) is 4.96 Å². The van der Waals surface area contributed by atoms with E-state index >= 15 is 0 Å². The first-order valence-corrected chi connectivity index (χ1v) is 6.97. The second-order valence-electron chi connectivity index (χ2n) is 4.61. The first-order chi connectivity index (χ1) is 9.54. The SMILES string of the molecule is CC1C(=O)NC(=O)CN1C(=O)Cc1cn2ccsc2n1. The Morgan fingerprint density at radius 2 is 2.35 bits per heavy atom. The topological polar surface area (TPSA) is 83.8 Å². The van der Waals surface area contributed by atoms with E-state index in [1.807, 2.05) is 16.0 Å². The normalized spacial score (nSPS) is 19.4. The molecule has 1 aliphatic rings. The van der Waals surface area contributed by atoms with Gasteiger partial charge in [-0.1, -0.05) is 0 Å². The van der Waals surface area contributed by atoms with Gasteiger partial charge >= 0.3 is 0 Å². The molecule has 8 heteroatoms. The summed E-state index contributed by atoms with van der Waals surface area (Å²) in [6.45, 7) is 1.51. The molecule has 1 atom stereocenters. The molecule has 1 fully saturated rings. The van der Waals surface area contributed by atoms with E-state index in [-0.39, 0.29) is 18.9 Å². The van der Waals surface area contributed by atoms with Crippen molar-refractivity contribution in [3.05, 3.63) is 23.5 Å². The van der Waals surface area contributed by atoms with Gasteiger partial charge in [-0.3, -0.25) is 24.1 Å². The summed E-state index contributed by atoms with van der Waals surface area (Å²) < 4.78 is 1.84. The molecule has 0 spiro atoms. The van der Waals surface area contributed by atoms with Crippen molar-refractivity contribution in [3.63, 3.8) is 0 Å². The van der Waals surface area contributed by atoms with Gasteiger partial charge < -0.3 is 4.90 Å². The van der Waals surface area contributed by atoms with Crippen molar-refractivity contribution in [2.24, 2.45) is 0 Å². The lowest BCUT2D eigenvalue weighted by Crippen LogP contribution is -2.58. The molecular formula is C12H12N4O3S. The summed E-state index contributed by atoms with van der Waals surface area (Å²) in [5, 5.41) is 4.11. The molecule has 2 aromatic heterocycles. The zero-order chi connectivity index (χ0) is 14.3. The van der Waals surface area contributed by atoms with Crippen molar-refractivity contribution in [1.82, 2.24) is 19.6 Å². The fourth-order valence-corrected chi connectivity index (χ4v) is 2.86.